The summed E-state index contributed by atoms with van der Waals surface area (Å²) in [7, 11) is 1.70. The second kappa shape index (κ2) is 9.09. The van der Waals surface area contributed by atoms with E-state index in [0.29, 0.717) is 23.2 Å². The van der Waals surface area contributed by atoms with Crippen LogP contribution in [0.1, 0.15) is 30.4 Å². The number of hydrogen-bond donors (Lipinski definition) is 0. The van der Waals surface area contributed by atoms with Crippen LogP contribution in [0.3, 0.4) is 0 Å². The molecule has 1 amide bonds. The van der Waals surface area contributed by atoms with E-state index >= 15 is 0 Å². The number of ether oxygens (including phenoxy) is 1. The topological polar surface area (TPSA) is 68.5 Å². The second-order valence-electron chi connectivity index (χ2n) is 6.93. The molecule has 3 rings (SSSR count). The Bertz CT molecular complexity index is 985. The lowest BCUT2D eigenvalue weighted by atomic mass is 10.1. The maximum atomic E-state index is 12.9. The smallest absolute Gasteiger partial charge is 0.263 e. The molecule has 29 heavy (non-hydrogen) atoms. The van der Waals surface area contributed by atoms with E-state index in [9.17, 15) is 4.79 Å². The molecule has 0 radical (unpaired) electrons. The Morgan fingerprint density at radius 1 is 1.21 bits per heavy atom. The standard InChI is InChI=1S/C22H24ClN3O3/c1-5-18(28-19-8-6-7-14(2)15(19)3)22(27)26(4)13-20-24-21(25-29-20)16-9-11-17(23)12-10-16/h6-12,18H,5,13H2,1-4H3. The Morgan fingerprint density at radius 3 is 2.62 bits per heavy atom. The van der Waals surface area contributed by atoms with Crippen LogP contribution in [-0.4, -0.2) is 34.1 Å². The maximum Gasteiger partial charge on any atom is 0.263 e. The number of benzene rings is 2. The molecule has 1 unspecified atom stereocenters. The SMILES string of the molecule is CCC(Oc1cccc(C)c1C)C(=O)N(C)Cc1nc(-c2ccc(Cl)cc2)no1. The van der Waals surface area contributed by atoms with Gasteiger partial charge in [-0.2, -0.15) is 4.98 Å². The summed E-state index contributed by atoms with van der Waals surface area (Å²) in [5.74, 6) is 1.39. The fourth-order valence-electron chi connectivity index (χ4n) is 2.88. The third kappa shape index (κ3) is 4.95. The molecule has 1 aromatic heterocycles. The van der Waals surface area contributed by atoms with Gasteiger partial charge in [-0.05, 0) is 61.7 Å². The van der Waals surface area contributed by atoms with Crippen molar-refractivity contribution in [1.82, 2.24) is 15.0 Å². The van der Waals surface area contributed by atoms with Gasteiger partial charge in [0.1, 0.15) is 5.75 Å². The van der Waals surface area contributed by atoms with E-state index in [2.05, 4.69) is 10.1 Å². The molecular formula is C22H24ClN3O3. The quantitative estimate of drug-likeness (QED) is 0.555. The summed E-state index contributed by atoms with van der Waals surface area (Å²) in [5.41, 5.74) is 2.95. The van der Waals surface area contributed by atoms with Crippen molar-refractivity contribution in [1.29, 1.82) is 0 Å². The highest BCUT2D eigenvalue weighted by molar-refractivity contribution is 6.30. The van der Waals surface area contributed by atoms with Gasteiger partial charge in [0.05, 0.1) is 6.54 Å². The predicted octanol–water partition coefficient (Wildman–Crippen LogP) is 4.82. The molecular weight excluding hydrogens is 390 g/mol. The lowest BCUT2D eigenvalue weighted by Gasteiger charge is -2.23. The molecule has 0 spiro atoms. The number of likely N-dealkylation sites (N-methyl/N-ethyl adjacent to an activating group) is 1. The van der Waals surface area contributed by atoms with Crippen molar-refractivity contribution in [2.24, 2.45) is 0 Å². The molecule has 1 heterocycles. The number of carbonyl (C=O) groups excluding carboxylic acids is 1. The molecule has 6 nitrogen and oxygen atoms in total. The van der Waals surface area contributed by atoms with Crippen molar-refractivity contribution in [3.05, 3.63) is 64.5 Å². The van der Waals surface area contributed by atoms with Gasteiger partial charge >= 0.3 is 0 Å². The number of rotatable bonds is 7. The zero-order valence-corrected chi connectivity index (χ0v) is 17.7. The number of hydrogen-bond acceptors (Lipinski definition) is 5. The third-order valence-electron chi connectivity index (χ3n) is 4.79. The molecule has 7 heteroatoms. The Balaban J connectivity index is 1.67. The van der Waals surface area contributed by atoms with Crippen molar-refractivity contribution in [3.8, 4) is 17.1 Å². The van der Waals surface area contributed by atoms with Crippen molar-refractivity contribution in [2.75, 3.05) is 7.05 Å². The Kier molecular flexibility index (Phi) is 6.54. The second-order valence-corrected chi connectivity index (χ2v) is 7.36. The first-order valence-electron chi connectivity index (χ1n) is 9.45. The Labute approximate surface area is 175 Å². The number of halogens is 1. The summed E-state index contributed by atoms with van der Waals surface area (Å²) in [4.78, 5) is 18.8. The van der Waals surface area contributed by atoms with Crippen LogP contribution < -0.4 is 4.74 Å². The van der Waals surface area contributed by atoms with E-state index in [-0.39, 0.29) is 12.5 Å². The molecule has 152 valence electrons. The van der Waals surface area contributed by atoms with E-state index in [1.807, 2.05) is 51.1 Å². The van der Waals surface area contributed by atoms with Gasteiger partial charge in [-0.3, -0.25) is 4.79 Å². The molecule has 0 N–H and O–H groups in total. The lowest BCUT2D eigenvalue weighted by molar-refractivity contribution is -0.138. The van der Waals surface area contributed by atoms with Gasteiger partial charge in [-0.1, -0.05) is 35.8 Å². The molecule has 1 atom stereocenters. The van der Waals surface area contributed by atoms with Crippen LogP contribution in [-0.2, 0) is 11.3 Å². The minimum absolute atomic E-state index is 0.139. The summed E-state index contributed by atoms with van der Waals surface area (Å²) < 4.78 is 11.3. The summed E-state index contributed by atoms with van der Waals surface area (Å²) in [6, 6.07) is 13.0. The van der Waals surface area contributed by atoms with Crippen LogP contribution in [0, 0.1) is 13.8 Å². The largest absolute Gasteiger partial charge is 0.480 e. The first-order chi connectivity index (χ1) is 13.9. The first-order valence-corrected chi connectivity index (χ1v) is 9.83. The van der Waals surface area contributed by atoms with E-state index in [0.717, 1.165) is 22.4 Å². The zero-order chi connectivity index (χ0) is 21.0. The third-order valence-corrected chi connectivity index (χ3v) is 5.04. The van der Waals surface area contributed by atoms with Crippen LogP contribution in [0.25, 0.3) is 11.4 Å². The molecule has 0 aliphatic rings. The Morgan fingerprint density at radius 2 is 1.93 bits per heavy atom. The molecule has 2 aromatic carbocycles. The average molecular weight is 414 g/mol. The van der Waals surface area contributed by atoms with Crippen LogP contribution >= 0.6 is 11.6 Å². The van der Waals surface area contributed by atoms with Gasteiger partial charge in [0.15, 0.2) is 6.10 Å². The number of aromatic nitrogens is 2. The molecule has 0 saturated carbocycles. The number of aryl methyl sites for hydroxylation is 1. The lowest BCUT2D eigenvalue weighted by Crippen LogP contribution is -2.39. The summed E-state index contributed by atoms with van der Waals surface area (Å²) in [5, 5.41) is 4.62. The highest BCUT2D eigenvalue weighted by atomic mass is 35.5. The zero-order valence-electron chi connectivity index (χ0n) is 17.0. The van der Waals surface area contributed by atoms with Crippen molar-refractivity contribution in [2.45, 2.75) is 39.8 Å². The fourth-order valence-corrected chi connectivity index (χ4v) is 3.00. The van der Waals surface area contributed by atoms with E-state index < -0.39 is 6.10 Å². The summed E-state index contributed by atoms with van der Waals surface area (Å²) in [6.45, 7) is 6.13. The van der Waals surface area contributed by atoms with Crippen molar-refractivity contribution < 1.29 is 14.1 Å². The van der Waals surface area contributed by atoms with Crippen LogP contribution in [0.2, 0.25) is 5.02 Å². The first kappa shape index (κ1) is 20.9. The normalized spacial score (nSPS) is 11.9. The van der Waals surface area contributed by atoms with Crippen LogP contribution in [0.4, 0.5) is 0 Å². The molecule has 0 aliphatic carbocycles. The molecule has 0 aliphatic heterocycles. The monoisotopic (exact) mass is 413 g/mol. The molecule has 0 bridgehead atoms. The van der Waals surface area contributed by atoms with Gasteiger partial charge in [0, 0.05) is 17.6 Å². The van der Waals surface area contributed by atoms with E-state index in [1.165, 1.54) is 0 Å². The van der Waals surface area contributed by atoms with E-state index in [4.69, 9.17) is 20.9 Å². The number of nitrogens with zero attached hydrogens (tertiary/aromatic N) is 3. The van der Waals surface area contributed by atoms with Crippen molar-refractivity contribution in [3.63, 3.8) is 0 Å². The molecule has 0 saturated heterocycles. The highest BCUT2D eigenvalue weighted by Crippen LogP contribution is 2.23. The summed E-state index contributed by atoms with van der Waals surface area (Å²) in [6.07, 6.45) is -0.0321. The van der Waals surface area contributed by atoms with Gasteiger partial charge in [0.2, 0.25) is 11.7 Å². The van der Waals surface area contributed by atoms with Crippen LogP contribution in [0.15, 0.2) is 47.0 Å². The maximum absolute atomic E-state index is 12.9. The van der Waals surface area contributed by atoms with Gasteiger partial charge in [-0.25, -0.2) is 0 Å². The van der Waals surface area contributed by atoms with Gasteiger partial charge in [0.25, 0.3) is 5.91 Å². The average Bonchev–Trinajstić information content (AvgIpc) is 3.17. The minimum Gasteiger partial charge on any atom is -0.480 e. The minimum atomic E-state index is -0.584. The van der Waals surface area contributed by atoms with Crippen molar-refractivity contribution >= 4 is 17.5 Å². The number of amides is 1. The van der Waals surface area contributed by atoms with Gasteiger partial charge < -0.3 is 14.2 Å². The summed E-state index contributed by atoms with van der Waals surface area (Å²) >= 11 is 5.91. The van der Waals surface area contributed by atoms with Crippen LogP contribution in [0.5, 0.6) is 5.75 Å². The van der Waals surface area contributed by atoms with E-state index in [1.54, 1.807) is 24.1 Å². The Hall–Kier alpha value is -2.86. The predicted molar refractivity (Wildman–Crippen MR) is 112 cm³/mol. The van der Waals surface area contributed by atoms with Gasteiger partial charge in [-0.15, -0.1) is 0 Å². The fraction of sp³-hybridized carbons (Fsp3) is 0.318. The molecule has 3 aromatic rings. The highest BCUT2D eigenvalue weighted by Gasteiger charge is 2.24. The molecule has 0 fully saturated rings. The number of carbonyl (C=O) groups is 1.